The number of alkyl halides is 6. The molecule has 1 fully saturated rings. The van der Waals surface area contributed by atoms with E-state index in [-0.39, 0.29) is 50.9 Å². The van der Waals surface area contributed by atoms with Crippen LogP contribution in [0.3, 0.4) is 0 Å². The number of hydrogen-bond donors (Lipinski definition) is 2. The van der Waals surface area contributed by atoms with Crippen molar-refractivity contribution in [1.29, 1.82) is 0 Å². The fourth-order valence-corrected chi connectivity index (χ4v) is 7.61. The van der Waals surface area contributed by atoms with Crippen LogP contribution >= 0.6 is 22.9 Å². The second kappa shape index (κ2) is 14.4. The number of piperidine rings is 1. The lowest BCUT2D eigenvalue weighted by Crippen LogP contribution is -2.69. The van der Waals surface area contributed by atoms with Gasteiger partial charge in [0.15, 0.2) is 6.10 Å². The maximum atomic E-state index is 15.1. The summed E-state index contributed by atoms with van der Waals surface area (Å²) in [5.74, 6) is -3.86. The summed E-state index contributed by atoms with van der Waals surface area (Å²) in [6.07, 6.45) is -10.8. The van der Waals surface area contributed by atoms with Gasteiger partial charge in [-0.2, -0.15) is 26.3 Å². The molecule has 5 rings (SSSR count). The number of aliphatic hydroxyl groups is 1. The van der Waals surface area contributed by atoms with Crippen LogP contribution < -0.4 is 4.74 Å². The van der Waals surface area contributed by atoms with Crippen LogP contribution in [-0.4, -0.2) is 73.1 Å². The molecular weight excluding hydrogens is 716 g/mol. The molecule has 2 aromatic heterocycles. The molecule has 0 bridgehead atoms. The van der Waals surface area contributed by atoms with Gasteiger partial charge in [0.05, 0.1) is 11.6 Å². The van der Waals surface area contributed by atoms with Crippen molar-refractivity contribution in [1.82, 2.24) is 14.8 Å². The third kappa shape index (κ3) is 7.56. The van der Waals surface area contributed by atoms with Crippen LogP contribution in [0.15, 0.2) is 48.0 Å². The monoisotopic (exact) mass is 747 g/mol. The number of ether oxygens (including phenoxy) is 1. The summed E-state index contributed by atoms with van der Waals surface area (Å²) < 4.78 is 89.4. The summed E-state index contributed by atoms with van der Waals surface area (Å²) in [7, 11) is 0. The van der Waals surface area contributed by atoms with E-state index in [1.54, 1.807) is 25.1 Å². The molecule has 270 valence electrons. The van der Waals surface area contributed by atoms with Crippen molar-refractivity contribution in [3.63, 3.8) is 0 Å². The Bertz CT molecular complexity index is 1750. The molecular formula is C33H32ClF6N3O6S. The van der Waals surface area contributed by atoms with Gasteiger partial charge in [-0.3, -0.25) is 14.6 Å². The van der Waals surface area contributed by atoms with E-state index in [4.69, 9.17) is 16.3 Å². The van der Waals surface area contributed by atoms with Crippen LogP contribution in [0, 0.1) is 0 Å². The lowest BCUT2D eigenvalue weighted by Gasteiger charge is -2.51. The molecule has 2 N–H and O–H groups in total. The van der Waals surface area contributed by atoms with Gasteiger partial charge in [-0.05, 0) is 54.7 Å². The van der Waals surface area contributed by atoms with E-state index in [1.165, 1.54) is 4.90 Å². The third-order valence-electron chi connectivity index (χ3n) is 8.96. The number of halogens is 7. The Kier molecular flexibility index (Phi) is 10.8. The SMILES string of the molecule is CCC[C@H]1N(C(=O)c2ncccc2C(F)(F)F)CCC[C@@]1(Oc1csc(C(F)(F)F)c1)C(=O)N1Cc2ccc(Cl)cc2C[C@@H]1CC(O)C(=O)O. The summed E-state index contributed by atoms with van der Waals surface area (Å²) in [5, 5.41) is 21.3. The highest BCUT2D eigenvalue weighted by atomic mass is 35.5. The van der Waals surface area contributed by atoms with E-state index in [0.717, 1.165) is 22.5 Å². The average Bonchev–Trinajstić information content (AvgIpc) is 3.53. The van der Waals surface area contributed by atoms with Crippen molar-refractivity contribution in [3.8, 4) is 5.75 Å². The zero-order valence-electron chi connectivity index (χ0n) is 26.4. The molecule has 2 aliphatic heterocycles. The summed E-state index contributed by atoms with van der Waals surface area (Å²) >= 11 is 6.52. The average molecular weight is 748 g/mol. The maximum absolute atomic E-state index is 15.1. The van der Waals surface area contributed by atoms with Gasteiger partial charge in [0, 0.05) is 54.6 Å². The van der Waals surface area contributed by atoms with E-state index in [0.29, 0.717) is 39.6 Å². The highest BCUT2D eigenvalue weighted by Crippen LogP contribution is 2.44. The number of thiophene rings is 1. The number of carboxylic acid groups (broad SMARTS) is 1. The minimum Gasteiger partial charge on any atom is -0.479 e. The fraction of sp³-hybridized carbons (Fsp3) is 0.455. The van der Waals surface area contributed by atoms with Gasteiger partial charge < -0.3 is 24.7 Å². The van der Waals surface area contributed by atoms with Crippen molar-refractivity contribution in [2.45, 2.75) is 88.1 Å². The number of carboxylic acids is 1. The Hall–Kier alpha value is -3.89. The van der Waals surface area contributed by atoms with E-state index in [1.807, 2.05) is 0 Å². The Morgan fingerprint density at radius 3 is 2.48 bits per heavy atom. The van der Waals surface area contributed by atoms with Gasteiger partial charge in [-0.15, -0.1) is 11.3 Å². The minimum atomic E-state index is -4.95. The van der Waals surface area contributed by atoms with Crippen LogP contribution in [-0.2, 0) is 34.9 Å². The van der Waals surface area contributed by atoms with Crippen LogP contribution in [0.1, 0.15) is 71.1 Å². The largest absolute Gasteiger partial charge is 0.479 e. The molecule has 17 heteroatoms. The van der Waals surface area contributed by atoms with Gasteiger partial charge in [-0.1, -0.05) is 31.0 Å². The normalized spacial score (nSPS) is 21.8. The molecule has 1 saturated heterocycles. The van der Waals surface area contributed by atoms with Crippen molar-refractivity contribution in [2.75, 3.05) is 6.54 Å². The van der Waals surface area contributed by atoms with E-state index < -0.39 is 76.5 Å². The number of fused-ring (bicyclic) bond motifs is 1. The number of amides is 2. The number of pyridine rings is 1. The highest BCUT2D eigenvalue weighted by molar-refractivity contribution is 7.10. The van der Waals surface area contributed by atoms with Gasteiger partial charge >= 0.3 is 18.3 Å². The second-order valence-corrected chi connectivity index (χ2v) is 13.6. The van der Waals surface area contributed by atoms with Crippen molar-refractivity contribution >= 4 is 40.7 Å². The van der Waals surface area contributed by atoms with E-state index >= 15 is 4.79 Å². The number of carbonyl (C=O) groups is 3. The smallest absolute Gasteiger partial charge is 0.425 e. The number of benzene rings is 1. The lowest BCUT2D eigenvalue weighted by molar-refractivity contribution is -0.165. The first kappa shape index (κ1) is 37.4. The first-order valence-electron chi connectivity index (χ1n) is 15.6. The first-order chi connectivity index (χ1) is 23.5. The maximum Gasteiger partial charge on any atom is 0.425 e. The van der Waals surface area contributed by atoms with Crippen molar-refractivity contribution in [3.05, 3.63) is 80.3 Å². The number of aromatic nitrogens is 1. The van der Waals surface area contributed by atoms with Crippen LogP contribution in [0.4, 0.5) is 26.3 Å². The van der Waals surface area contributed by atoms with Crippen LogP contribution in [0.2, 0.25) is 5.02 Å². The molecule has 0 aliphatic carbocycles. The highest BCUT2D eigenvalue weighted by Gasteiger charge is 2.57. The topological polar surface area (TPSA) is 120 Å². The zero-order chi connectivity index (χ0) is 36.6. The molecule has 1 unspecified atom stereocenters. The molecule has 1 aromatic carbocycles. The number of likely N-dealkylation sites (tertiary alicyclic amines) is 1. The number of hydrogen-bond acceptors (Lipinski definition) is 7. The summed E-state index contributed by atoms with van der Waals surface area (Å²) in [6, 6.07) is 5.04. The predicted octanol–water partition coefficient (Wildman–Crippen LogP) is 6.85. The summed E-state index contributed by atoms with van der Waals surface area (Å²) in [6.45, 7) is 1.44. The molecule has 3 aromatic rings. The van der Waals surface area contributed by atoms with Crippen molar-refractivity contribution in [2.24, 2.45) is 0 Å². The van der Waals surface area contributed by atoms with Gasteiger partial charge in [0.1, 0.15) is 16.3 Å². The Labute approximate surface area is 291 Å². The standard InChI is InChI=1S/C33H32ClF6N3O6S/c1-2-5-25-31(49-22-15-26(50-17-22)33(38,39)40,9-4-11-42(25)28(45)27-23(32(35,36)37)6-3-10-41-27)30(48)43-16-18-7-8-20(34)12-19(18)13-21(43)14-24(44)29(46)47/h3,6-8,10,12,15,17,21,24-25,44H,2,4-5,9,11,13-14,16H2,1H3,(H,46,47)/t21-,24?,25-,31+/m1/s1. The zero-order valence-corrected chi connectivity index (χ0v) is 28.0. The Morgan fingerprint density at radius 1 is 1.10 bits per heavy atom. The van der Waals surface area contributed by atoms with E-state index in [2.05, 4.69) is 4.98 Å². The number of carbonyl (C=O) groups excluding carboxylic acids is 2. The fourth-order valence-electron chi connectivity index (χ4n) is 6.74. The van der Waals surface area contributed by atoms with Crippen LogP contribution in [0.5, 0.6) is 5.75 Å². The number of aliphatic hydroxyl groups excluding tert-OH is 1. The molecule has 2 amide bonds. The number of aliphatic carboxylic acids is 1. The second-order valence-electron chi connectivity index (χ2n) is 12.2. The quantitative estimate of drug-likeness (QED) is 0.230. The molecule has 0 saturated carbocycles. The molecule has 4 heterocycles. The number of rotatable bonds is 9. The first-order valence-corrected chi connectivity index (χ1v) is 16.9. The molecule has 4 atom stereocenters. The van der Waals surface area contributed by atoms with Gasteiger partial charge in [-0.25, -0.2) is 4.79 Å². The third-order valence-corrected chi connectivity index (χ3v) is 10.2. The summed E-state index contributed by atoms with van der Waals surface area (Å²) in [5.41, 5.74) is -3.06. The van der Waals surface area contributed by atoms with Crippen LogP contribution in [0.25, 0.3) is 0 Å². The molecule has 50 heavy (non-hydrogen) atoms. The van der Waals surface area contributed by atoms with Gasteiger partial charge in [0.2, 0.25) is 5.60 Å². The lowest BCUT2D eigenvalue weighted by atomic mass is 9.78. The Balaban J connectivity index is 1.65. The molecule has 2 aliphatic rings. The molecule has 0 radical (unpaired) electrons. The van der Waals surface area contributed by atoms with Crippen molar-refractivity contribution < 1.29 is 55.7 Å². The number of nitrogens with zero attached hydrogens (tertiary/aromatic N) is 3. The van der Waals surface area contributed by atoms with Gasteiger partial charge in [0.25, 0.3) is 11.8 Å². The summed E-state index contributed by atoms with van der Waals surface area (Å²) in [4.78, 5) is 45.9. The Morgan fingerprint density at radius 2 is 1.84 bits per heavy atom. The predicted molar refractivity (Wildman–Crippen MR) is 169 cm³/mol. The minimum absolute atomic E-state index is 0.00456. The molecule has 9 nitrogen and oxygen atoms in total. The van der Waals surface area contributed by atoms with E-state index in [9.17, 15) is 46.1 Å². The molecule has 0 spiro atoms.